The fourth-order valence-corrected chi connectivity index (χ4v) is 2.75. The van der Waals surface area contributed by atoms with Crippen LogP contribution in [0.4, 0.5) is 0 Å². The maximum Gasteiger partial charge on any atom is 0.202 e. The van der Waals surface area contributed by atoms with Crippen LogP contribution in [0.2, 0.25) is 0 Å². The largest absolute Gasteiger partial charge is 0.385 e. The van der Waals surface area contributed by atoms with Crippen molar-refractivity contribution in [3.63, 3.8) is 0 Å². The predicted octanol–water partition coefficient (Wildman–Crippen LogP) is 1.31. The van der Waals surface area contributed by atoms with E-state index in [1.165, 1.54) is 0 Å². The summed E-state index contributed by atoms with van der Waals surface area (Å²) >= 11 is 1.59. The molecule has 0 saturated heterocycles. The van der Waals surface area contributed by atoms with E-state index in [1.54, 1.807) is 17.5 Å². The number of aliphatic hydroxyl groups is 1. The van der Waals surface area contributed by atoms with Gasteiger partial charge in [-0.15, -0.1) is 21.5 Å². The monoisotopic (exact) mass is 302 g/mol. The molecule has 1 unspecified atom stereocenters. The summed E-state index contributed by atoms with van der Waals surface area (Å²) < 4.78 is 0. The van der Waals surface area contributed by atoms with Crippen molar-refractivity contribution in [2.24, 2.45) is 0 Å². The number of aryl methyl sites for hydroxylation is 1. The molecule has 2 N–H and O–H groups in total. The van der Waals surface area contributed by atoms with Gasteiger partial charge in [-0.2, -0.15) is 5.21 Å². The molecule has 0 radical (unpaired) electrons. The van der Waals surface area contributed by atoms with E-state index >= 15 is 0 Å². The van der Waals surface area contributed by atoms with Crippen molar-refractivity contribution < 1.29 is 5.11 Å². The van der Waals surface area contributed by atoms with Crippen LogP contribution in [0, 0.1) is 0 Å². The van der Waals surface area contributed by atoms with Gasteiger partial charge in [0, 0.05) is 30.1 Å². The highest BCUT2D eigenvalue weighted by Gasteiger charge is 2.13. The molecule has 0 aliphatic heterocycles. The fourth-order valence-electron chi connectivity index (χ4n) is 1.93. The molecule has 108 valence electrons. The summed E-state index contributed by atoms with van der Waals surface area (Å²) in [7, 11) is 0. The second-order valence-electron chi connectivity index (χ2n) is 4.55. The third-order valence-electron chi connectivity index (χ3n) is 2.98. The van der Waals surface area contributed by atoms with Crippen LogP contribution in [0.3, 0.4) is 0 Å². The molecule has 3 rings (SSSR count). The normalized spacial score (nSPS) is 12.4. The molecule has 0 aliphatic rings. The van der Waals surface area contributed by atoms with Gasteiger partial charge in [-0.05, 0) is 18.6 Å². The average Bonchev–Trinajstić information content (AvgIpc) is 3.17. The molecule has 0 spiro atoms. The van der Waals surface area contributed by atoms with Crippen LogP contribution in [0.25, 0.3) is 0 Å². The van der Waals surface area contributed by atoms with E-state index in [0.717, 1.165) is 22.8 Å². The number of thiazole rings is 1. The van der Waals surface area contributed by atoms with E-state index < -0.39 is 6.10 Å². The van der Waals surface area contributed by atoms with Gasteiger partial charge in [-0.25, -0.2) is 4.98 Å². The molecule has 0 saturated carbocycles. The van der Waals surface area contributed by atoms with Gasteiger partial charge in [0.25, 0.3) is 0 Å². The van der Waals surface area contributed by atoms with Crippen LogP contribution in [0.15, 0.2) is 29.8 Å². The number of aliphatic hydroxyl groups excluding tert-OH is 1. The summed E-state index contributed by atoms with van der Waals surface area (Å²) in [6.45, 7) is 0. The van der Waals surface area contributed by atoms with Gasteiger partial charge in [0.1, 0.15) is 6.10 Å². The number of tetrazole rings is 1. The summed E-state index contributed by atoms with van der Waals surface area (Å²) in [4.78, 5) is 8.85. The summed E-state index contributed by atoms with van der Waals surface area (Å²) in [5.41, 5.74) is 2.00. The lowest BCUT2D eigenvalue weighted by atomic mass is 10.2. The highest BCUT2D eigenvalue weighted by molar-refractivity contribution is 7.09. The Labute approximate surface area is 125 Å². The first-order chi connectivity index (χ1) is 10.3. The molecule has 3 aromatic rings. The molecule has 0 fully saturated rings. The molecule has 3 aromatic heterocycles. The minimum Gasteiger partial charge on any atom is -0.385 e. The third kappa shape index (κ3) is 3.67. The molecular formula is C13H14N6OS. The molecule has 0 aromatic carbocycles. The van der Waals surface area contributed by atoms with Crippen molar-refractivity contribution in [2.75, 3.05) is 0 Å². The summed E-state index contributed by atoms with van der Waals surface area (Å²) in [6, 6.07) is 5.85. The van der Waals surface area contributed by atoms with Crippen molar-refractivity contribution in [3.05, 3.63) is 52.0 Å². The van der Waals surface area contributed by atoms with Crippen molar-refractivity contribution in [3.8, 4) is 0 Å². The summed E-state index contributed by atoms with van der Waals surface area (Å²) in [5.74, 6) is 0.320. The number of aromatic amines is 1. The Hall–Kier alpha value is -2.19. The van der Waals surface area contributed by atoms with Crippen LogP contribution < -0.4 is 0 Å². The topological polar surface area (TPSA) is 100 Å². The Morgan fingerprint density at radius 3 is 3.00 bits per heavy atom. The standard InChI is InChI=1S/C13H14N6OS/c20-11(13-16-18-19-17-13)4-5-12-15-10(8-21-12)7-9-3-1-2-6-14-9/h1-3,6,8,11,20H,4-5,7H2,(H,16,17,18,19). The van der Waals surface area contributed by atoms with Gasteiger partial charge in [0.15, 0.2) is 0 Å². The highest BCUT2D eigenvalue weighted by Crippen LogP contribution is 2.18. The maximum absolute atomic E-state index is 9.89. The van der Waals surface area contributed by atoms with Crippen molar-refractivity contribution in [1.29, 1.82) is 0 Å². The first-order valence-electron chi connectivity index (χ1n) is 6.56. The first-order valence-corrected chi connectivity index (χ1v) is 7.44. The van der Waals surface area contributed by atoms with Crippen LogP contribution >= 0.6 is 11.3 Å². The van der Waals surface area contributed by atoms with Gasteiger partial charge in [-0.3, -0.25) is 4.98 Å². The fraction of sp³-hybridized carbons (Fsp3) is 0.308. The van der Waals surface area contributed by atoms with Crippen LogP contribution in [-0.4, -0.2) is 35.7 Å². The predicted molar refractivity (Wildman–Crippen MR) is 76.6 cm³/mol. The molecule has 8 heteroatoms. The Morgan fingerprint density at radius 1 is 1.29 bits per heavy atom. The Morgan fingerprint density at radius 2 is 2.24 bits per heavy atom. The van der Waals surface area contributed by atoms with Crippen LogP contribution in [0.1, 0.15) is 34.7 Å². The molecule has 0 amide bonds. The van der Waals surface area contributed by atoms with E-state index in [-0.39, 0.29) is 0 Å². The van der Waals surface area contributed by atoms with Gasteiger partial charge in [0.05, 0.1) is 10.7 Å². The van der Waals surface area contributed by atoms with Gasteiger partial charge in [0.2, 0.25) is 5.82 Å². The number of aromatic nitrogens is 6. The van der Waals surface area contributed by atoms with Crippen LogP contribution in [0.5, 0.6) is 0 Å². The number of pyridine rings is 1. The smallest absolute Gasteiger partial charge is 0.202 e. The SMILES string of the molecule is OC(CCc1nc(Cc2ccccn2)cs1)c1nn[nH]n1. The van der Waals surface area contributed by atoms with Crippen molar-refractivity contribution in [1.82, 2.24) is 30.6 Å². The lowest BCUT2D eigenvalue weighted by Crippen LogP contribution is -2.02. The Balaban J connectivity index is 1.55. The van der Waals surface area contributed by atoms with Crippen LogP contribution in [-0.2, 0) is 12.8 Å². The Bertz CT molecular complexity index is 669. The number of H-pyrrole nitrogens is 1. The first kappa shape index (κ1) is 13.8. The van der Waals surface area contributed by atoms with E-state index in [0.29, 0.717) is 18.7 Å². The highest BCUT2D eigenvalue weighted by atomic mass is 32.1. The van der Waals surface area contributed by atoms with E-state index in [2.05, 4.69) is 30.6 Å². The minimum absolute atomic E-state index is 0.320. The number of hydrogen-bond acceptors (Lipinski definition) is 7. The zero-order chi connectivity index (χ0) is 14.5. The Kier molecular flexibility index (Phi) is 4.27. The number of rotatable bonds is 6. The number of hydrogen-bond donors (Lipinski definition) is 2. The molecule has 7 nitrogen and oxygen atoms in total. The zero-order valence-electron chi connectivity index (χ0n) is 11.2. The average molecular weight is 302 g/mol. The van der Waals surface area contributed by atoms with E-state index in [4.69, 9.17) is 0 Å². The molecule has 21 heavy (non-hydrogen) atoms. The lowest BCUT2D eigenvalue weighted by Gasteiger charge is -2.03. The maximum atomic E-state index is 9.89. The van der Waals surface area contributed by atoms with E-state index in [1.807, 2.05) is 23.6 Å². The molecule has 1 atom stereocenters. The second kappa shape index (κ2) is 6.51. The number of nitrogens with one attached hydrogen (secondary N) is 1. The minimum atomic E-state index is -0.716. The summed E-state index contributed by atoms with van der Waals surface area (Å²) in [6.07, 6.45) is 3.00. The van der Waals surface area contributed by atoms with Gasteiger partial charge in [-0.1, -0.05) is 11.3 Å². The quantitative estimate of drug-likeness (QED) is 0.712. The summed E-state index contributed by atoms with van der Waals surface area (Å²) in [5, 5.41) is 26.2. The van der Waals surface area contributed by atoms with Crippen molar-refractivity contribution in [2.45, 2.75) is 25.4 Å². The lowest BCUT2D eigenvalue weighted by molar-refractivity contribution is 0.158. The zero-order valence-corrected chi connectivity index (χ0v) is 12.0. The van der Waals surface area contributed by atoms with Gasteiger partial charge < -0.3 is 5.11 Å². The third-order valence-corrected chi connectivity index (χ3v) is 3.94. The van der Waals surface area contributed by atoms with Gasteiger partial charge >= 0.3 is 0 Å². The molecule has 3 heterocycles. The molecule has 0 bridgehead atoms. The van der Waals surface area contributed by atoms with E-state index in [9.17, 15) is 5.11 Å². The molecule has 0 aliphatic carbocycles. The molecular weight excluding hydrogens is 288 g/mol. The second-order valence-corrected chi connectivity index (χ2v) is 5.50. The number of nitrogens with zero attached hydrogens (tertiary/aromatic N) is 5. The van der Waals surface area contributed by atoms with Crippen molar-refractivity contribution >= 4 is 11.3 Å².